The molecular formula is C13H23ClN2O2. The van der Waals surface area contributed by atoms with E-state index in [-0.39, 0.29) is 24.4 Å². The Morgan fingerprint density at radius 2 is 2.06 bits per heavy atom. The second-order valence-electron chi connectivity index (χ2n) is 5.71. The fourth-order valence-electron chi connectivity index (χ4n) is 3.67. The average Bonchev–Trinajstić information content (AvgIpc) is 2.95. The molecule has 3 fully saturated rings. The lowest BCUT2D eigenvalue weighted by molar-refractivity contribution is -0.148. The van der Waals surface area contributed by atoms with Gasteiger partial charge < -0.3 is 15.4 Å². The van der Waals surface area contributed by atoms with E-state index in [1.165, 1.54) is 6.42 Å². The van der Waals surface area contributed by atoms with Crippen LogP contribution in [0.25, 0.3) is 0 Å². The summed E-state index contributed by atoms with van der Waals surface area (Å²) in [5.74, 6) is 0.530. The molecule has 1 saturated heterocycles. The highest BCUT2D eigenvalue weighted by molar-refractivity contribution is 5.85. The molecular weight excluding hydrogens is 252 g/mol. The van der Waals surface area contributed by atoms with Crippen molar-refractivity contribution >= 4 is 18.3 Å². The molecule has 2 aliphatic carbocycles. The van der Waals surface area contributed by atoms with Gasteiger partial charge in [-0.25, -0.2) is 0 Å². The van der Waals surface area contributed by atoms with Crippen LogP contribution < -0.4 is 5.73 Å². The molecule has 3 rings (SSSR count). The zero-order valence-corrected chi connectivity index (χ0v) is 11.5. The van der Waals surface area contributed by atoms with Crippen LogP contribution in [0.1, 0.15) is 38.5 Å². The van der Waals surface area contributed by atoms with Crippen molar-refractivity contribution in [3.63, 3.8) is 0 Å². The van der Waals surface area contributed by atoms with Gasteiger partial charge in [-0.05, 0) is 38.5 Å². The van der Waals surface area contributed by atoms with E-state index in [1.807, 2.05) is 0 Å². The first kappa shape index (κ1) is 14.1. The van der Waals surface area contributed by atoms with E-state index in [0.29, 0.717) is 24.7 Å². The number of fused-ring (bicyclic) bond motifs is 1. The molecule has 1 amide bonds. The molecule has 3 aliphatic rings. The van der Waals surface area contributed by atoms with Crippen LogP contribution in [-0.2, 0) is 9.53 Å². The highest BCUT2D eigenvalue weighted by Gasteiger charge is 2.41. The molecule has 4 nitrogen and oxygen atoms in total. The van der Waals surface area contributed by atoms with Crippen molar-refractivity contribution in [1.29, 1.82) is 0 Å². The maximum absolute atomic E-state index is 12.5. The standard InChI is InChI=1S/C13H22N2O2.ClH/c14-10-5-4-9(8-10)13(16)15-6-7-17-12-3-1-2-11(12)15;/h9-12H,1-8,14H2;1H. The number of hydrogen-bond donors (Lipinski definition) is 1. The summed E-state index contributed by atoms with van der Waals surface area (Å²) in [7, 11) is 0. The highest BCUT2D eigenvalue weighted by Crippen LogP contribution is 2.33. The van der Waals surface area contributed by atoms with Crippen LogP contribution in [0.2, 0.25) is 0 Å². The fourth-order valence-corrected chi connectivity index (χ4v) is 3.67. The Labute approximate surface area is 115 Å². The van der Waals surface area contributed by atoms with Gasteiger partial charge >= 0.3 is 0 Å². The largest absolute Gasteiger partial charge is 0.374 e. The van der Waals surface area contributed by atoms with Crippen LogP contribution >= 0.6 is 12.4 Å². The van der Waals surface area contributed by atoms with Crippen molar-refractivity contribution in [2.45, 2.75) is 56.7 Å². The zero-order valence-electron chi connectivity index (χ0n) is 10.7. The molecule has 4 atom stereocenters. The molecule has 0 spiro atoms. The first-order valence-corrected chi connectivity index (χ1v) is 6.93. The molecule has 0 aromatic rings. The van der Waals surface area contributed by atoms with E-state index >= 15 is 0 Å². The molecule has 1 heterocycles. The summed E-state index contributed by atoms with van der Waals surface area (Å²) in [6, 6.07) is 0.595. The van der Waals surface area contributed by atoms with Crippen molar-refractivity contribution in [1.82, 2.24) is 4.90 Å². The van der Waals surface area contributed by atoms with E-state index in [1.54, 1.807) is 0 Å². The zero-order chi connectivity index (χ0) is 11.8. The minimum Gasteiger partial charge on any atom is -0.374 e. The lowest BCUT2D eigenvalue weighted by atomic mass is 10.0. The van der Waals surface area contributed by atoms with E-state index in [2.05, 4.69) is 4.90 Å². The summed E-state index contributed by atoms with van der Waals surface area (Å²) in [5.41, 5.74) is 5.90. The van der Waals surface area contributed by atoms with Gasteiger partial charge in [0.15, 0.2) is 0 Å². The van der Waals surface area contributed by atoms with Gasteiger partial charge in [0, 0.05) is 18.5 Å². The second-order valence-corrected chi connectivity index (χ2v) is 5.71. The molecule has 0 aromatic heterocycles. The van der Waals surface area contributed by atoms with Crippen LogP contribution in [0.4, 0.5) is 0 Å². The van der Waals surface area contributed by atoms with E-state index in [0.717, 1.165) is 38.6 Å². The summed E-state index contributed by atoms with van der Waals surface area (Å²) >= 11 is 0. The lowest BCUT2D eigenvalue weighted by Crippen LogP contribution is -2.52. The number of nitrogens with zero attached hydrogens (tertiary/aromatic N) is 1. The molecule has 0 bridgehead atoms. The Morgan fingerprint density at radius 3 is 2.78 bits per heavy atom. The minimum atomic E-state index is 0. The van der Waals surface area contributed by atoms with Crippen molar-refractivity contribution in [3.05, 3.63) is 0 Å². The molecule has 2 saturated carbocycles. The SMILES string of the molecule is Cl.NC1CCC(C(=O)N2CCOC3CCCC32)C1. The highest BCUT2D eigenvalue weighted by atomic mass is 35.5. The first-order valence-electron chi connectivity index (χ1n) is 6.93. The van der Waals surface area contributed by atoms with Gasteiger partial charge in [0.05, 0.1) is 18.8 Å². The second kappa shape index (κ2) is 5.76. The maximum Gasteiger partial charge on any atom is 0.226 e. The Hall–Kier alpha value is -0.320. The van der Waals surface area contributed by atoms with Gasteiger partial charge in [-0.3, -0.25) is 4.79 Å². The smallest absolute Gasteiger partial charge is 0.226 e. The normalized spacial score (nSPS) is 39.3. The van der Waals surface area contributed by atoms with Crippen molar-refractivity contribution in [2.75, 3.05) is 13.2 Å². The number of amides is 1. The lowest BCUT2D eigenvalue weighted by Gasteiger charge is -2.39. The Kier molecular flexibility index (Phi) is 4.51. The first-order chi connectivity index (χ1) is 8.25. The maximum atomic E-state index is 12.5. The fraction of sp³-hybridized carbons (Fsp3) is 0.923. The van der Waals surface area contributed by atoms with Crippen LogP contribution in [0.3, 0.4) is 0 Å². The van der Waals surface area contributed by atoms with Crippen molar-refractivity contribution in [3.8, 4) is 0 Å². The summed E-state index contributed by atoms with van der Waals surface area (Å²) in [6.45, 7) is 1.50. The Balaban J connectivity index is 0.00000120. The molecule has 4 unspecified atom stereocenters. The Morgan fingerprint density at radius 1 is 1.22 bits per heavy atom. The number of carbonyl (C=O) groups is 1. The quantitative estimate of drug-likeness (QED) is 0.785. The van der Waals surface area contributed by atoms with Gasteiger partial charge in [0.1, 0.15) is 0 Å². The minimum absolute atomic E-state index is 0. The van der Waals surface area contributed by atoms with Crippen molar-refractivity contribution in [2.24, 2.45) is 11.7 Å². The Bertz CT molecular complexity index is 313. The van der Waals surface area contributed by atoms with Crippen LogP contribution in [0, 0.1) is 5.92 Å². The predicted molar refractivity (Wildman–Crippen MR) is 71.7 cm³/mol. The van der Waals surface area contributed by atoms with Gasteiger partial charge in [-0.1, -0.05) is 0 Å². The predicted octanol–water partition coefficient (Wildman–Crippen LogP) is 1.32. The van der Waals surface area contributed by atoms with Gasteiger partial charge in [0.2, 0.25) is 5.91 Å². The van der Waals surface area contributed by atoms with Crippen LogP contribution in [0.15, 0.2) is 0 Å². The third-order valence-corrected chi connectivity index (χ3v) is 4.59. The molecule has 1 aliphatic heterocycles. The summed E-state index contributed by atoms with van der Waals surface area (Å²) in [5, 5.41) is 0. The van der Waals surface area contributed by atoms with Gasteiger partial charge in [-0.15, -0.1) is 12.4 Å². The number of hydrogen-bond acceptors (Lipinski definition) is 3. The number of ether oxygens (including phenoxy) is 1. The van der Waals surface area contributed by atoms with Crippen molar-refractivity contribution < 1.29 is 9.53 Å². The average molecular weight is 275 g/mol. The summed E-state index contributed by atoms with van der Waals surface area (Å²) < 4.78 is 5.75. The monoisotopic (exact) mass is 274 g/mol. The van der Waals surface area contributed by atoms with Gasteiger partial charge in [0.25, 0.3) is 0 Å². The van der Waals surface area contributed by atoms with Crippen LogP contribution in [-0.4, -0.2) is 42.1 Å². The number of carbonyl (C=O) groups excluding carboxylic acids is 1. The third-order valence-electron chi connectivity index (χ3n) is 4.59. The van der Waals surface area contributed by atoms with E-state index < -0.39 is 0 Å². The molecule has 0 aromatic carbocycles. The van der Waals surface area contributed by atoms with E-state index in [9.17, 15) is 4.79 Å². The van der Waals surface area contributed by atoms with Gasteiger partial charge in [-0.2, -0.15) is 0 Å². The summed E-state index contributed by atoms with van der Waals surface area (Å²) in [6.07, 6.45) is 6.62. The summed E-state index contributed by atoms with van der Waals surface area (Å²) in [4.78, 5) is 14.6. The molecule has 2 N–H and O–H groups in total. The molecule has 0 radical (unpaired) electrons. The topological polar surface area (TPSA) is 55.6 Å². The molecule has 104 valence electrons. The number of halogens is 1. The molecule has 5 heteroatoms. The molecule has 18 heavy (non-hydrogen) atoms. The van der Waals surface area contributed by atoms with E-state index in [4.69, 9.17) is 10.5 Å². The van der Waals surface area contributed by atoms with Crippen LogP contribution in [0.5, 0.6) is 0 Å². The number of nitrogens with two attached hydrogens (primary N) is 1. The number of rotatable bonds is 1. The third kappa shape index (κ3) is 2.51. The number of morpholine rings is 1.